The molecule has 1 aliphatic rings. The largest absolute Gasteiger partial charge is 0.481 e. The Morgan fingerprint density at radius 3 is 2.71 bits per heavy atom. The summed E-state index contributed by atoms with van der Waals surface area (Å²) in [6.45, 7) is 3.71. The molecule has 1 fully saturated rings. The van der Waals surface area contributed by atoms with Crippen molar-refractivity contribution in [2.75, 3.05) is 20.1 Å². The predicted octanol–water partition coefficient (Wildman–Crippen LogP) is 2.84. The summed E-state index contributed by atoms with van der Waals surface area (Å²) in [5.74, 6) is 0.0374. The van der Waals surface area contributed by atoms with Gasteiger partial charge in [-0.05, 0) is 50.8 Å². The van der Waals surface area contributed by atoms with E-state index in [9.17, 15) is 9.90 Å². The van der Waals surface area contributed by atoms with E-state index in [4.69, 9.17) is 0 Å². The second kappa shape index (κ2) is 7.03. The molecule has 0 aromatic carbocycles. The summed E-state index contributed by atoms with van der Waals surface area (Å²) in [5, 5.41) is 9.67. The molecule has 0 spiro atoms. The number of hydrogen-bond donors (Lipinski definition) is 1. The molecule has 116 valence electrons. The number of pyridine rings is 1. The molecule has 1 heterocycles. The standard InChI is InChI=1S/C17H26N2O2/c1-14-6-9-17(10-7-14,16(20)21)13-19(2)12-8-15-5-3-4-11-18-15/h3-5,11,14H,6-10,12-13H2,1-2H3,(H,20,21). The summed E-state index contributed by atoms with van der Waals surface area (Å²) in [7, 11) is 2.02. The molecule has 0 amide bonds. The third-order valence-corrected chi connectivity index (χ3v) is 4.73. The zero-order valence-electron chi connectivity index (χ0n) is 13.1. The van der Waals surface area contributed by atoms with Crippen molar-refractivity contribution in [2.45, 2.75) is 39.0 Å². The highest BCUT2D eigenvalue weighted by Gasteiger charge is 2.41. The molecule has 0 atom stereocenters. The van der Waals surface area contributed by atoms with Crippen molar-refractivity contribution in [1.82, 2.24) is 9.88 Å². The van der Waals surface area contributed by atoms with Crippen LogP contribution in [0.4, 0.5) is 0 Å². The van der Waals surface area contributed by atoms with Crippen LogP contribution in [-0.4, -0.2) is 41.1 Å². The van der Waals surface area contributed by atoms with Crippen molar-refractivity contribution < 1.29 is 9.90 Å². The maximum absolute atomic E-state index is 11.8. The van der Waals surface area contributed by atoms with E-state index >= 15 is 0 Å². The molecule has 1 aromatic heterocycles. The number of likely N-dealkylation sites (N-methyl/N-ethyl adjacent to an activating group) is 1. The Morgan fingerprint density at radius 1 is 1.43 bits per heavy atom. The van der Waals surface area contributed by atoms with Gasteiger partial charge >= 0.3 is 5.97 Å². The topological polar surface area (TPSA) is 53.4 Å². The Kier molecular flexibility index (Phi) is 5.34. The number of rotatable bonds is 6. The van der Waals surface area contributed by atoms with E-state index in [1.54, 1.807) is 6.20 Å². The monoisotopic (exact) mass is 290 g/mol. The van der Waals surface area contributed by atoms with E-state index in [0.717, 1.165) is 44.3 Å². The molecule has 0 saturated heterocycles. The van der Waals surface area contributed by atoms with Gasteiger partial charge in [0.1, 0.15) is 0 Å². The Hall–Kier alpha value is -1.42. The number of carbonyl (C=O) groups is 1. The SMILES string of the molecule is CC1CCC(CN(C)CCc2ccccn2)(C(=O)O)CC1. The van der Waals surface area contributed by atoms with Crippen LogP contribution in [0.2, 0.25) is 0 Å². The maximum Gasteiger partial charge on any atom is 0.310 e. The van der Waals surface area contributed by atoms with Gasteiger partial charge in [-0.2, -0.15) is 0 Å². The van der Waals surface area contributed by atoms with Crippen LogP contribution in [0.3, 0.4) is 0 Å². The van der Waals surface area contributed by atoms with E-state index in [1.165, 1.54) is 0 Å². The van der Waals surface area contributed by atoms with Crippen LogP contribution >= 0.6 is 0 Å². The van der Waals surface area contributed by atoms with Crippen molar-refractivity contribution in [3.05, 3.63) is 30.1 Å². The fraction of sp³-hybridized carbons (Fsp3) is 0.647. The molecule has 1 aromatic rings. The number of hydrogen-bond acceptors (Lipinski definition) is 3. The van der Waals surface area contributed by atoms with E-state index in [2.05, 4.69) is 16.8 Å². The van der Waals surface area contributed by atoms with E-state index in [-0.39, 0.29) is 0 Å². The molecule has 1 aliphatic carbocycles. The number of carboxylic acids is 1. The Bertz CT molecular complexity index is 453. The van der Waals surface area contributed by atoms with Gasteiger partial charge in [0.05, 0.1) is 5.41 Å². The summed E-state index contributed by atoms with van der Waals surface area (Å²) in [6, 6.07) is 5.92. The van der Waals surface area contributed by atoms with Crippen LogP contribution in [0, 0.1) is 11.3 Å². The fourth-order valence-electron chi connectivity index (χ4n) is 3.20. The van der Waals surface area contributed by atoms with E-state index in [0.29, 0.717) is 12.5 Å². The Labute approximate surface area is 127 Å². The first-order chi connectivity index (χ1) is 10.0. The zero-order chi connectivity index (χ0) is 15.3. The van der Waals surface area contributed by atoms with Gasteiger partial charge in [0, 0.05) is 31.4 Å². The fourth-order valence-corrected chi connectivity index (χ4v) is 3.20. The average molecular weight is 290 g/mol. The van der Waals surface area contributed by atoms with Crippen molar-refractivity contribution in [3.8, 4) is 0 Å². The van der Waals surface area contributed by atoms with E-state index < -0.39 is 11.4 Å². The van der Waals surface area contributed by atoms with Gasteiger partial charge in [0.25, 0.3) is 0 Å². The van der Waals surface area contributed by atoms with Gasteiger partial charge in [-0.3, -0.25) is 9.78 Å². The maximum atomic E-state index is 11.8. The molecule has 0 aliphatic heterocycles. The van der Waals surface area contributed by atoms with Crippen molar-refractivity contribution in [1.29, 1.82) is 0 Å². The molecular formula is C17H26N2O2. The summed E-state index contributed by atoms with van der Waals surface area (Å²) >= 11 is 0. The minimum absolute atomic E-state index is 0.550. The summed E-state index contributed by atoms with van der Waals surface area (Å²) in [6.07, 6.45) is 6.33. The van der Waals surface area contributed by atoms with Crippen LogP contribution < -0.4 is 0 Å². The Balaban J connectivity index is 1.90. The molecule has 4 nitrogen and oxygen atoms in total. The number of aromatic nitrogens is 1. The lowest BCUT2D eigenvalue weighted by Gasteiger charge is -2.38. The molecule has 21 heavy (non-hydrogen) atoms. The zero-order valence-corrected chi connectivity index (χ0v) is 13.1. The normalized spacial score (nSPS) is 26.0. The van der Waals surface area contributed by atoms with Crippen LogP contribution in [0.5, 0.6) is 0 Å². The molecule has 2 rings (SSSR count). The smallest absolute Gasteiger partial charge is 0.310 e. The summed E-state index contributed by atoms with van der Waals surface area (Å²) in [4.78, 5) is 18.2. The first kappa shape index (κ1) is 16.0. The molecule has 0 unspecified atom stereocenters. The lowest BCUT2D eigenvalue weighted by molar-refractivity contribution is -0.152. The highest BCUT2D eigenvalue weighted by atomic mass is 16.4. The molecule has 1 N–H and O–H groups in total. The van der Waals surface area contributed by atoms with Gasteiger partial charge in [-0.25, -0.2) is 0 Å². The van der Waals surface area contributed by atoms with Crippen LogP contribution in [0.25, 0.3) is 0 Å². The first-order valence-corrected chi connectivity index (χ1v) is 7.84. The molecule has 0 bridgehead atoms. The first-order valence-electron chi connectivity index (χ1n) is 7.84. The van der Waals surface area contributed by atoms with Gasteiger partial charge in [-0.15, -0.1) is 0 Å². The number of carboxylic acid groups (broad SMARTS) is 1. The van der Waals surface area contributed by atoms with Gasteiger partial charge in [0.2, 0.25) is 0 Å². The van der Waals surface area contributed by atoms with Crippen LogP contribution in [-0.2, 0) is 11.2 Å². The molecule has 4 heteroatoms. The highest BCUT2D eigenvalue weighted by Crippen LogP contribution is 2.39. The second-order valence-corrected chi connectivity index (χ2v) is 6.58. The minimum atomic E-state index is -0.626. The van der Waals surface area contributed by atoms with Crippen LogP contribution in [0.15, 0.2) is 24.4 Å². The van der Waals surface area contributed by atoms with Gasteiger partial charge in [-0.1, -0.05) is 13.0 Å². The third kappa shape index (κ3) is 4.27. The number of aliphatic carboxylic acids is 1. The van der Waals surface area contributed by atoms with Crippen molar-refractivity contribution in [3.63, 3.8) is 0 Å². The van der Waals surface area contributed by atoms with Crippen molar-refractivity contribution >= 4 is 5.97 Å². The molecule has 0 radical (unpaired) electrons. The summed E-state index contributed by atoms with van der Waals surface area (Å²) < 4.78 is 0. The van der Waals surface area contributed by atoms with E-state index in [1.807, 2.05) is 25.2 Å². The molecule has 1 saturated carbocycles. The quantitative estimate of drug-likeness (QED) is 0.875. The summed E-state index contributed by atoms with van der Waals surface area (Å²) in [5.41, 5.74) is 0.511. The average Bonchev–Trinajstić information content (AvgIpc) is 2.48. The highest BCUT2D eigenvalue weighted by molar-refractivity contribution is 5.75. The third-order valence-electron chi connectivity index (χ3n) is 4.73. The Morgan fingerprint density at radius 2 is 2.14 bits per heavy atom. The predicted molar refractivity (Wildman–Crippen MR) is 83.1 cm³/mol. The molecular weight excluding hydrogens is 264 g/mol. The minimum Gasteiger partial charge on any atom is -0.481 e. The number of nitrogens with zero attached hydrogens (tertiary/aromatic N) is 2. The van der Waals surface area contributed by atoms with Gasteiger partial charge < -0.3 is 10.0 Å². The van der Waals surface area contributed by atoms with Crippen LogP contribution in [0.1, 0.15) is 38.3 Å². The second-order valence-electron chi connectivity index (χ2n) is 6.58. The lowest BCUT2D eigenvalue weighted by atomic mass is 9.70. The van der Waals surface area contributed by atoms with Crippen molar-refractivity contribution in [2.24, 2.45) is 11.3 Å². The lowest BCUT2D eigenvalue weighted by Crippen LogP contribution is -2.44. The van der Waals surface area contributed by atoms with Gasteiger partial charge in [0.15, 0.2) is 0 Å².